The van der Waals surface area contributed by atoms with Crippen molar-refractivity contribution in [2.75, 3.05) is 7.11 Å². The van der Waals surface area contributed by atoms with Crippen molar-refractivity contribution in [3.63, 3.8) is 0 Å². The zero-order valence-corrected chi connectivity index (χ0v) is 8.21. The number of halogens is 1. The van der Waals surface area contributed by atoms with E-state index in [0.29, 0.717) is 16.2 Å². The van der Waals surface area contributed by atoms with Gasteiger partial charge in [0.05, 0.1) is 7.11 Å². The van der Waals surface area contributed by atoms with Crippen LogP contribution in [0, 0.1) is 5.21 Å². The third-order valence-electron chi connectivity index (χ3n) is 1.58. The molecule has 0 spiro atoms. The first kappa shape index (κ1) is 9.86. The van der Waals surface area contributed by atoms with E-state index in [1.54, 1.807) is 24.3 Å². The maximum Gasteiger partial charge on any atom is 0.329 e. The monoisotopic (exact) mass is 199 g/mol. The zero-order valence-electron chi connectivity index (χ0n) is 7.45. The summed E-state index contributed by atoms with van der Waals surface area (Å²) in [4.78, 5) is 0. The van der Waals surface area contributed by atoms with Crippen molar-refractivity contribution in [1.82, 2.24) is 0 Å². The summed E-state index contributed by atoms with van der Waals surface area (Å²) < 4.78 is 5.51. The van der Waals surface area contributed by atoms with Crippen LogP contribution in [0.5, 0.6) is 5.75 Å². The highest BCUT2D eigenvalue weighted by atomic mass is 35.5. The molecule has 0 unspecified atom stereocenters. The topological polar surface area (TPSA) is 36.2 Å². The van der Waals surface area contributed by atoms with Gasteiger partial charge in [0.2, 0.25) is 11.4 Å². The fourth-order valence-corrected chi connectivity index (χ4v) is 1.19. The van der Waals surface area contributed by atoms with Gasteiger partial charge in [-0.2, -0.15) is 4.73 Å². The van der Waals surface area contributed by atoms with Crippen LogP contribution in [0.1, 0.15) is 12.6 Å². The molecule has 0 aliphatic heterocycles. The van der Waals surface area contributed by atoms with E-state index in [1.165, 1.54) is 7.11 Å². The van der Waals surface area contributed by atoms with E-state index in [1.807, 2.05) is 6.92 Å². The van der Waals surface area contributed by atoms with Gasteiger partial charge in [0.1, 0.15) is 0 Å². The first-order valence-electron chi connectivity index (χ1n) is 3.79. The molecule has 1 rings (SSSR count). The minimum Gasteiger partial charge on any atom is -0.617 e. The normalized spacial score (nSPS) is 10.7. The van der Waals surface area contributed by atoms with E-state index in [-0.39, 0.29) is 5.15 Å². The van der Waals surface area contributed by atoms with Gasteiger partial charge in [-0.1, -0.05) is 6.08 Å². The Balaban J connectivity index is 3.22. The molecule has 0 atom stereocenters. The SMILES string of the molecule is C/C=C/c1ccc(OC)c(Cl)[n+]1[O-]. The predicted molar refractivity (Wildman–Crippen MR) is 51.7 cm³/mol. The van der Waals surface area contributed by atoms with Crippen LogP contribution in [-0.4, -0.2) is 7.11 Å². The number of hydrogen-bond donors (Lipinski definition) is 0. The van der Waals surface area contributed by atoms with E-state index in [0.717, 1.165) is 0 Å². The molecule has 0 bridgehead atoms. The summed E-state index contributed by atoms with van der Waals surface area (Å²) in [7, 11) is 1.47. The summed E-state index contributed by atoms with van der Waals surface area (Å²) in [5.74, 6) is 0.380. The van der Waals surface area contributed by atoms with Crippen LogP contribution < -0.4 is 9.47 Å². The Bertz CT molecular complexity index is 337. The first-order chi connectivity index (χ1) is 6.20. The Hall–Kier alpha value is -1.22. The Morgan fingerprint density at radius 2 is 2.23 bits per heavy atom. The molecule has 0 saturated carbocycles. The molecule has 1 aromatic rings. The Morgan fingerprint density at radius 3 is 2.77 bits per heavy atom. The van der Waals surface area contributed by atoms with Crippen molar-refractivity contribution < 1.29 is 9.47 Å². The summed E-state index contributed by atoms with van der Waals surface area (Å²) >= 11 is 5.73. The molecule has 0 aromatic carbocycles. The zero-order chi connectivity index (χ0) is 9.84. The van der Waals surface area contributed by atoms with Crippen molar-refractivity contribution in [3.8, 4) is 5.75 Å². The van der Waals surface area contributed by atoms with E-state index in [9.17, 15) is 5.21 Å². The van der Waals surface area contributed by atoms with Gasteiger partial charge in [-0.15, -0.1) is 0 Å². The van der Waals surface area contributed by atoms with Crippen LogP contribution >= 0.6 is 11.6 Å². The molecule has 0 N–H and O–H groups in total. The fourth-order valence-electron chi connectivity index (χ4n) is 0.957. The largest absolute Gasteiger partial charge is 0.617 e. The maximum atomic E-state index is 11.4. The van der Waals surface area contributed by atoms with E-state index in [2.05, 4.69) is 0 Å². The molecule has 1 aromatic heterocycles. The fraction of sp³-hybridized carbons (Fsp3) is 0.222. The molecule has 13 heavy (non-hydrogen) atoms. The van der Waals surface area contributed by atoms with Crippen LogP contribution in [0.25, 0.3) is 6.08 Å². The highest BCUT2D eigenvalue weighted by Crippen LogP contribution is 2.19. The highest BCUT2D eigenvalue weighted by Gasteiger charge is 2.12. The van der Waals surface area contributed by atoms with Gasteiger partial charge in [0.15, 0.2) is 0 Å². The van der Waals surface area contributed by atoms with E-state index in [4.69, 9.17) is 16.3 Å². The quantitative estimate of drug-likeness (QED) is 0.415. The minimum atomic E-state index is 0.0538. The first-order valence-corrected chi connectivity index (χ1v) is 4.17. The average molecular weight is 200 g/mol. The highest BCUT2D eigenvalue weighted by molar-refractivity contribution is 6.29. The lowest BCUT2D eigenvalue weighted by molar-refractivity contribution is -0.605. The Kier molecular flexibility index (Phi) is 3.14. The number of ether oxygens (including phenoxy) is 1. The molecule has 4 heteroatoms. The lowest BCUT2D eigenvalue weighted by atomic mass is 10.3. The van der Waals surface area contributed by atoms with Gasteiger partial charge in [-0.25, -0.2) is 0 Å². The van der Waals surface area contributed by atoms with Gasteiger partial charge in [-0.3, -0.25) is 0 Å². The standard InChI is InChI=1S/C9H10ClNO2/c1-3-4-7-5-6-8(13-2)9(10)11(7)12/h3-6H,1-2H3/b4-3+. The van der Waals surface area contributed by atoms with Crippen LogP contribution in [0.2, 0.25) is 5.15 Å². The number of methoxy groups -OCH3 is 1. The second-order valence-corrected chi connectivity index (χ2v) is 2.77. The second kappa shape index (κ2) is 4.14. The Morgan fingerprint density at radius 1 is 1.54 bits per heavy atom. The average Bonchev–Trinajstić information content (AvgIpc) is 2.14. The number of allylic oxidation sites excluding steroid dienone is 1. The number of hydrogen-bond acceptors (Lipinski definition) is 2. The third-order valence-corrected chi connectivity index (χ3v) is 1.92. The molecule has 3 nitrogen and oxygen atoms in total. The summed E-state index contributed by atoms with van der Waals surface area (Å²) in [5, 5.41) is 11.4. The molecular weight excluding hydrogens is 190 g/mol. The van der Waals surface area contributed by atoms with Crippen molar-refractivity contribution in [3.05, 3.63) is 34.3 Å². The van der Waals surface area contributed by atoms with Crippen molar-refractivity contribution in [2.24, 2.45) is 0 Å². The summed E-state index contributed by atoms with van der Waals surface area (Å²) in [6.07, 6.45) is 3.45. The van der Waals surface area contributed by atoms with Crippen LogP contribution in [0.4, 0.5) is 0 Å². The van der Waals surface area contributed by atoms with Crippen LogP contribution in [-0.2, 0) is 0 Å². The lowest BCUT2D eigenvalue weighted by Crippen LogP contribution is -2.31. The molecule has 0 fully saturated rings. The third kappa shape index (κ3) is 1.92. The van der Waals surface area contributed by atoms with Gasteiger partial charge >= 0.3 is 5.15 Å². The van der Waals surface area contributed by atoms with Crippen LogP contribution in [0.3, 0.4) is 0 Å². The molecule has 0 saturated heterocycles. The predicted octanol–water partition coefficient (Wildman–Crippen LogP) is 2.02. The van der Waals surface area contributed by atoms with Crippen molar-refractivity contribution in [1.29, 1.82) is 0 Å². The summed E-state index contributed by atoms with van der Waals surface area (Å²) in [5.41, 5.74) is 0.494. The molecule has 0 aliphatic rings. The molecule has 0 radical (unpaired) electrons. The van der Waals surface area contributed by atoms with E-state index >= 15 is 0 Å². The minimum absolute atomic E-state index is 0.0538. The van der Waals surface area contributed by atoms with E-state index < -0.39 is 0 Å². The number of aromatic nitrogens is 1. The smallest absolute Gasteiger partial charge is 0.329 e. The molecule has 0 amide bonds. The number of pyridine rings is 1. The Labute approximate surface area is 81.8 Å². The maximum absolute atomic E-state index is 11.4. The number of rotatable bonds is 2. The van der Waals surface area contributed by atoms with Crippen molar-refractivity contribution >= 4 is 17.7 Å². The van der Waals surface area contributed by atoms with Gasteiger partial charge in [-0.05, 0) is 24.6 Å². The van der Waals surface area contributed by atoms with Gasteiger partial charge in [0.25, 0.3) is 0 Å². The molecule has 70 valence electrons. The number of nitrogens with zero attached hydrogens (tertiary/aromatic N) is 1. The van der Waals surface area contributed by atoms with Crippen LogP contribution in [0.15, 0.2) is 18.2 Å². The summed E-state index contributed by atoms with van der Waals surface area (Å²) in [6, 6.07) is 3.31. The lowest BCUT2D eigenvalue weighted by Gasteiger charge is -2.05. The van der Waals surface area contributed by atoms with Gasteiger partial charge in [0, 0.05) is 12.1 Å². The molecule has 1 heterocycles. The summed E-state index contributed by atoms with van der Waals surface area (Å²) in [6.45, 7) is 1.83. The van der Waals surface area contributed by atoms with Gasteiger partial charge < -0.3 is 9.94 Å². The molecule has 0 aliphatic carbocycles. The van der Waals surface area contributed by atoms with Crippen molar-refractivity contribution in [2.45, 2.75) is 6.92 Å². The molecular formula is C9H10ClNO2. The second-order valence-electron chi connectivity index (χ2n) is 2.41.